The predicted octanol–water partition coefficient (Wildman–Crippen LogP) is 2.87. The molecule has 2 atom stereocenters. The topological polar surface area (TPSA) is 0 Å². The molecule has 1 saturated heterocycles. The standard InChI is InChI=1S/C19H15.C2H4.ClH.Zr/c1-3-7-18-14(5-1)9-11-16(18)13-17-12-10-15-6-2-4-8-19(15)17;1-2;;/h1-13,16-17H;1-2H2;1H;/q;;;+1/p-1. The monoisotopic (exact) mass is 396 g/mol. The van der Waals surface area contributed by atoms with Crippen LogP contribution in [-0.4, -0.2) is 0 Å². The zero-order valence-corrected chi connectivity index (χ0v) is 16.2. The Bertz CT molecular complexity index is 726. The van der Waals surface area contributed by atoms with E-state index in [0.717, 1.165) is 3.63 Å². The minimum absolute atomic E-state index is 0. The van der Waals surface area contributed by atoms with E-state index < -0.39 is 21.8 Å². The molecule has 2 unspecified atom stereocenters. The van der Waals surface area contributed by atoms with Crippen molar-refractivity contribution in [3.8, 4) is 0 Å². The van der Waals surface area contributed by atoms with Crippen molar-refractivity contribution in [3.05, 3.63) is 82.9 Å². The zero-order valence-electron chi connectivity index (χ0n) is 13.0. The van der Waals surface area contributed by atoms with E-state index in [1.54, 1.807) is 19.4 Å². The van der Waals surface area contributed by atoms with Gasteiger partial charge in [-0.15, -0.1) is 0 Å². The van der Waals surface area contributed by atoms with E-state index in [9.17, 15) is 0 Å². The molecule has 1 heterocycles. The van der Waals surface area contributed by atoms with Crippen molar-refractivity contribution in [2.75, 3.05) is 0 Å². The summed E-state index contributed by atoms with van der Waals surface area (Å²) in [4.78, 5) is 0. The van der Waals surface area contributed by atoms with Gasteiger partial charge in [-0.3, -0.25) is 0 Å². The van der Waals surface area contributed by atoms with Gasteiger partial charge in [0.2, 0.25) is 0 Å². The fraction of sp³-hybridized carbons (Fsp3) is 0.238. The normalized spacial score (nSPS) is 24.1. The number of benzene rings is 2. The Morgan fingerprint density at radius 1 is 0.739 bits per heavy atom. The molecular weight excluding hydrogens is 379 g/mol. The first-order valence-electron chi connectivity index (χ1n) is 8.31. The molecule has 1 fully saturated rings. The van der Waals surface area contributed by atoms with Crippen molar-refractivity contribution in [1.29, 1.82) is 0 Å². The van der Waals surface area contributed by atoms with Gasteiger partial charge >= 0.3 is 141 Å². The van der Waals surface area contributed by atoms with Crippen molar-refractivity contribution in [2.24, 2.45) is 0 Å². The predicted molar refractivity (Wildman–Crippen MR) is 89.8 cm³/mol. The van der Waals surface area contributed by atoms with Crippen molar-refractivity contribution in [2.45, 2.75) is 23.7 Å². The van der Waals surface area contributed by atoms with Gasteiger partial charge in [0, 0.05) is 0 Å². The largest absolute Gasteiger partial charge is 1.00 e. The molecule has 2 aliphatic carbocycles. The van der Waals surface area contributed by atoms with E-state index in [-0.39, 0.29) is 12.4 Å². The first-order valence-corrected chi connectivity index (χ1v) is 13.2. The summed E-state index contributed by atoms with van der Waals surface area (Å²) >= 11 is -1.17. The smallest absolute Gasteiger partial charge is 1.00 e. The quantitative estimate of drug-likeness (QED) is 0.747. The molecule has 0 spiro atoms. The molecular formula is C21H19ClZr. The molecule has 1 aliphatic heterocycles. The van der Waals surface area contributed by atoms with Gasteiger partial charge in [-0.2, -0.15) is 0 Å². The molecule has 0 amide bonds. The second-order valence-corrected chi connectivity index (χ2v) is 14.0. The van der Waals surface area contributed by atoms with Crippen LogP contribution in [0.25, 0.3) is 12.2 Å². The van der Waals surface area contributed by atoms with Gasteiger partial charge in [0.25, 0.3) is 0 Å². The van der Waals surface area contributed by atoms with Crippen LogP contribution in [-0.2, 0) is 21.8 Å². The Balaban J connectivity index is 0.00000135. The van der Waals surface area contributed by atoms with Gasteiger partial charge in [0.15, 0.2) is 0 Å². The first-order chi connectivity index (χ1) is 10.9. The molecule has 0 nitrogen and oxygen atoms in total. The van der Waals surface area contributed by atoms with Gasteiger partial charge in [0.05, 0.1) is 0 Å². The van der Waals surface area contributed by atoms with Crippen LogP contribution in [0.4, 0.5) is 0 Å². The van der Waals surface area contributed by atoms with Gasteiger partial charge in [0.1, 0.15) is 0 Å². The van der Waals surface area contributed by atoms with Crippen LogP contribution in [0.2, 0.25) is 11.9 Å². The van der Waals surface area contributed by atoms with E-state index >= 15 is 0 Å². The molecule has 2 aromatic rings. The average Bonchev–Trinajstić information content (AvgIpc) is 3.17. The summed E-state index contributed by atoms with van der Waals surface area (Å²) in [6, 6.07) is 18.1. The first kappa shape index (κ1) is 15.6. The summed E-state index contributed by atoms with van der Waals surface area (Å²) in [6.07, 6.45) is 9.75. The summed E-state index contributed by atoms with van der Waals surface area (Å²) < 4.78 is 4.12. The zero-order chi connectivity index (χ0) is 14.5. The second-order valence-electron chi connectivity index (χ2n) is 6.71. The number of halogens is 1. The van der Waals surface area contributed by atoms with Crippen LogP contribution >= 0.6 is 0 Å². The minimum Gasteiger partial charge on any atom is -1.00 e. The number of hydrogen-bond donors (Lipinski definition) is 0. The van der Waals surface area contributed by atoms with Crippen molar-refractivity contribution >= 4 is 12.2 Å². The maximum absolute atomic E-state index is 2.51. The van der Waals surface area contributed by atoms with Gasteiger partial charge in [-0.1, -0.05) is 0 Å². The van der Waals surface area contributed by atoms with E-state index in [1.165, 1.54) is 11.1 Å². The van der Waals surface area contributed by atoms with Gasteiger partial charge in [-0.25, -0.2) is 0 Å². The average molecular weight is 398 g/mol. The Hall–Kier alpha value is -0.907. The van der Waals surface area contributed by atoms with Crippen LogP contribution in [0, 0.1) is 0 Å². The molecule has 0 radical (unpaired) electrons. The molecule has 0 bridgehead atoms. The van der Waals surface area contributed by atoms with E-state index in [2.05, 4.69) is 72.8 Å². The van der Waals surface area contributed by atoms with Crippen molar-refractivity contribution in [3.63, 3.8) is 0 Å². The number of hydrogen-bond acceptors (Lipinski definition) is 0. The molecule has 0 N–H and O–H groups in total. The van der Waals surface area contributed by atoms with Crippen LogP contribution in [0.15, 0.2) is 60.7 Å². The molecule has 3 aliphatic rings. The number of rotatable bonds is 3. The second kappa shape index (κ2) is 6.19. The molecule has 114 valence electrons. The van der Waals surface area contributed by atoms with E-state index in [4.69, 9.17) is 0 Å². The SMILES string of the molecule is C1=CC([CH](C2C=Cc3ccccc32)[Zr+]2[CH2][CH2]2)c2ccccc21.[Cl-]. The van der Waals surface area contributed by atoms with E-state index in [0.29, 0.717) is 11.8 Å². The molecule has 2 heteroatoms. The number of allylic oxidation sites excluding steroid dienone is 2. The number of fused-ring (bicyclic) bond motifs is 2. The fourth-order valence-corrected chi connectivity index (χ4v) is 12.3. The van der Waals surface area contributed by atoms with Crippen molar-refractivity contribution in [1.82, 2.24) is 0 Å². The van der Waals surface area contributed by atoms with Crippen LogP contribution < -0.4 is 12.4 Å². The Labute approximate surface area is 152 Å². The molecule has 23 heavy (non-hydrogen) atoms. The van der Waals surface area contributed by atoms with E-state index in [1.807, 2.05) is 0 Å². The van der Waals surface area contributed by atoms with Gasteiger partial charge in [-0.05, 0) is 0 Å². The van der Waals surface area contributed by atoms with Crippen LogP contribution in [0.1, 0.15) is 34.1 Å². The third-order valence-corrected chi connectivity index (χ3v) is 12.2. The molecule has 0 saturated carbocycles. The third-order valence-electron chi connectivity index (χ3n) is 5.46. The van der Waals surface area contributed by atoms with Crippen molar-refractivity contribution < 1.29 is 34.2 Å². The maximum atomic E-state index is 2.51. The maximum Gasteiger partial charge on any atom is -1.00 e. The molecule has 5 rings (SSSR count). The Morgan fingerprint density at radius 2 is 1.22 bits per heavy atom. The summed E-state index contributed by atoms with van der Waals surface area (Å²) in [6.45, 7) is 0. The minimum atomic E-state index is -1.17. The van der Waals surface area contributed by atoms with Gasteiger partial charge < -0.3 is 12.4 Å². The summed E-state index contributed by atoms with van der Waals surface area (Å²) in [5, 5.41) is 0. The fourth-order valence-electron chi connectivity index (χ4n) is 4.32. The summed E-state index contributed by atoms with van der Waals surface area (Å²) in [7, 11) is 0. The molecule has 0 aromatic heterocycles. The summed E-state index contributed by atoms with van der Waals surface area (Å²) in [5.41, 5.74) is 6.09. The Morgan fingerprint density at radius 3 is 1.70 bits per heavy atom. The van der Waals surface area contributed by atoms with Crippen LogP contribution in [0.5, 0.6) is 0 Å². The third kappa shape index (κ3) is 2.63. The van der Waals surface area contributed by atoms with Crippen LogP contribution in [0.3, 0.4) is 0 Å². The Kier molecular flexibility index (Phi) is 4.20. The summed E-state index contributed by atoms with van der Waals surface area (Å²) in [5.74, 6) is 1.35. The molecule has 2 aromatic carbocycles.